The summed E-state index contributed by atoms with van der Waals surface area (Å²) in [6, 6.07) is 6.62. The summed E-state index contributed by atoms with van der Waals surface area (Å²) in [6.45, 7) is 5.04. The lowest BCUT2D eigenvalue weighted by Gasteiger charge is -2.50. The van der Waals surface area contributed by atoms with Crippen molar-refractivity contribution < 1.29 is 10.0 Å². The number of aromatic amines is 1. The standard InChI is InChI=1S/C19H24N2O/c1-2-12-7-11-8-16-18-14(5-6-21(10-11)19(12)16)15-9-13(22)3-4-17(15)20-18/h3-4,9,11-12,16,19-20,22H,2,5-8,10H2,1H3/p+1/t11-,12+,16+,19+/m1/s1. The van der Waals surface area contributed by atoms with Crippen LogP contribution in [0.1, 0.15) is 43.4 Å². The van der Waals surface area contributed by atoms with E-state index in [4.69, 9.17) is 0 Å². The number of piperidine rings is 2. The lowest BCUT2D eigenvalue weighted by atomic mass is 9.65. The monoisotopic (exact) mass is 297 g/mol. The van der Waals surface area contributed by atoms with E-state index in [-0.39, 0.29) is 0 Å². The number of phenolic OH excluding ortho intramolecular Hbond substituents is 1. The molecular weight excluding hydrogens is 272 g/mol. The van der Waals surface area contributed by atoms with Gasteiger partial charge in [-0.3, -0.25) is 0 Å². The molecule has 4 heterocycles. The van der Waals surface area contributed by atoms with Crippen LogP contribution in [-0.2, 0) is 6.42 Å². The zero-order valence-electron chi connectivity index (χ0n) is 13.2. The van der Waals surface area contributed by atoms with Gasteiger partial charge in [0.1, 0.15) is 5.75 Å². The fourth-order valence-corrected chi connectivity index (χ4v) is 5.91. The third-order valence-corrected chi connectivity index (χ3v) is 6.70. The van der Waals surface area contributed by atoms with Gasteiger partial charge in [0.05, 0.1) is 25.0 Å². The van der Waals surface area contributed by atoms with E-state index in [1.165, 1.54) is 54.5 Å². The summed E-state index contributed by atoms with van der Waals surface area (Å²) < 4.78 is 0. The molecule has 1 saturated carbocycles. The highest BCUT2D eigenvalue weighted by Crippen LogP contribution is 2.45. The van der Waals surface area contributed by atoms with Gasteiger partial charge in [-0.15, -0.1) is 0 Å². The maximum atomic E-state index is 9.87. The summed E-state index contributed by atoms with van der Waals surface area (Å²) >= 11 is 0. The molecule has 3 aliphatic heterocycles. The van der Waals surface area contributed by atoms with Crippen molar-refractivity contribution in [3.8, 4) is 5.75 Å². The smallest absolute Gasteiger partial charge is 0.116 e. The molecule has 1 aromatic heterocycles. The van der Waals surface area contributed by atoms with Gasteiger partial charge in [-0.2, -0.15) is 0 Å². The quantitative estimate of drug-likeness (QED) is 0.742. The molecule has 0 spiro atoms. The molecule has 0 amide bonds. The Balaban J connectivity index is 1.69. The summed E-state index contributed by atoms with van der Waals surface area (Å²) in [7, 11) is 0. The Bertz CT molecular complexity index is 734. The molecule has 3 N–H and O–H groups in total. The number of nitrogens with one attached hydrogen (secondary N) is 2. The molecule has 1 aliphatic carbocycles. The molecule has 116 valence electrons. The van der Waals surface area contributed by atoms with Crippen molar-refractivity contribution in [1.82, 2.24) is 4.98 Å². The summed E-state index contributed by atoms with van der Waals surface area (Å²) in [5.74, 6) is 2.92. The predicted octanol–water partition coefficient (Wildman–Crippen LogP) is 2.22. The Morgan fingerprint density at radius 3 is 3.09 bits per heavy atom. The van der Waals surface area contributed by atoms with Crippen LogP contribution in [0.15, 0.2) is 18.2 Å². The lowest BCUT2D eigenvalue weighted by molar-refractivity contribution is -0.946. The molecular formula is C19H25N2O+. The molecule has 2 aromatic rings. The van der Waals surface area contributed by atoms with Crippen molar-refractivity contribution in [2.45, 2.75) is 44.6 Å². The minimum Gasteiger partial charge on any atom is -0.508 e. The van der Waals surface area contributed by atoms with Gasteiger partial charge >= 0.3 is 0 Å². The Morgan fingerprint density at radius 2 is 2.23 bits per heavy atom. The normalized spacial score (nSPS) is 36.3. The fraction of sp³-hybridized carbons (Fsp3) is 0.579. The molecule has 3 heteroatoms. The van der Waals surface area contributed by atoms with Gasteiger partial charge in [-0.25, -0.2) is 0 Å². The van der Waals surface area contributed by atoms with E-state index in [1.54, 1.807) is 6.07 Å². The van der Waals surface area contributed by atoms with Gasteiger partial charge in [0.2, 0.25) is 0 Å². The zero-order chi connectivity index (χ0) is 14.8. The molecule has 0 radical (unpaired) electrons. The minimum absolute atomic E-state index is 0.391. The number of aromatic hydroxyl groups is 1. The van der Waals surface area contributed by atoms with Crippen LogP contribution in [0.4, 0.5) is 0 Å². The molecule has 22 heavy (non-hydrogen) atoms. The average molecular weight is 297 g/mol. The van der Waals surface area contributed by atoms with E-state index in [0.29, 0.717) is 11.7 Å². The van der Waals surface area contributed by atoms with Crippen LogP contribution in [0.25, 0.3) is 10.9 Å². The summed E-state index contributed by atoms with van der Waals surface area (Å²) in [5, 5.41) is 11.1. The lowest BCUT2D eigenvalue weighted by Crippen LogP contribution is -3.20. The third-order valence-electron chi connectivity index (χ3n) is 6.70. The number of benzene rings is 1. The van der Waals surface area contributed by atoms with Crippen molar-refractivity contribution in [3.63, 3.8) is 0 Å². The molecule has 1 aromatic carbocycles. The second-order valence-corrected chi connectivity index (χ2v) is 7.75. The number of quaternary nitrogens is 1. The largest absolute Gasteiger partial charge is 0.508 e. The van der Waals surface area contributed by atoms with Crippen LogP contribution >= 0.6 is 0 Å². The zero-order valence-corrected chi connectivity index (χ0v) is 13.2. The Kier molecular flexibility index (Phi) is 2.67. The topological polar surface area (TPSA) is 40.5 Å². The highest BCUT2D eigenvalue weighted by molar-refractivity contribution is 5.86. The summed E-state index contributed by atoms with van der Waals surface area (Å²) in [4.78, 5) is 5.60. The molecule has 2 saturated heterocycles. The highest BCUT2D eigenvalue weighted by atomic mass is 16.3. The number of aromatic nitrogens is 1. The molecule has 3 fully saturated rings. The van der Waals surface area contributed by atoms with Gasteiger partial charge in [-0.1, -0.05) is 6.92 Å². The fourth-order valence-electron chi connectivity index (χ4n) is 5.91. The van der Waals surface area contributed by atoms with Gasteiger partial charge < -0.3 is 15.0 Å². The number of H-pyrrole nitrogens is 1. The first-order valence-electron chi connectivity index (χ1n) is 8.92. The molecule has 6 rings (SSSR count). The number of hydrogen-bond donors (Lipinski definition) is 3. The first kappa shape index (κ1) is 13.0. The Hall–Kier alpha value is -1.48. The van der Waals surface area contributed by atoms with Crippen LogP contribution in [0.3, 0.4) is 0 Å². The van der Waals surface area contributed by atoms with Crippen molar-refractivity contribution in [2.24, 2.45) is 11.8 Å². The molecule has 5 atom stereocenters. The van der Waals surface area contributed by atoms with Crippen molar-refractivity contribution in [2.75, 3.05) is 13.1 Å². The third kappa shape index (κ3) is 1.66. The second-order valence-electron chi connectivity index (χ2n) is 7.75. The second kappa shape index (κ2) is 4.51. The Morgan fingerprint density at radius 1 is 1.32 bits per heavy atom. The van der Waals surface area contributed by atoms with Crippen LogP contribution < -0.4 is 4.90 Å². The van der Waals surface area contributed by atoms with E-state index in [2.05, 4.69) is 11.9 Å². The average Bonchev–Trinajstić information content (AvgIpc) is 2.85. The van der Waals surface area contributed by atoms with Crippen LogP contribution in [-0.4, -0.2) is 29.2 Å². The number of rotatable bonds is 1. The van der Waals surface area contributed by atoms with Crippen LogP contribution in [0, 0.1) is 11.8 Å². The first-order chi connectivity index (χ1) is 10.7. The number of phenols is 1. The van der Waals surface area contributed by atoms with E-state index < -0.39 is 0 Å². The van der Waals surface area contributed by atoms with Gasteiger partial charge in [0, 0.05) is 34.9 Å². The molecule has 1 unspecified atom stereocenters. The summed E-state index contributed by atoms with van der Waals surface area (Å²) in [6.07, 6.45) is 5.32. The van der Waals surface area contributed by atoms with Crippen molar-refractivity contribution in [1.29, 1.82) is 0 Å². The first-order valence-corrected chi connectivity index (χ1v) is 8.92. The predicted molar refractivity (Wildman–Crippen MR) is 87.4 cm³/mol. The molecule has 4 aliphatic rings. The minimum atomic E-state index is 0.391. The van der Waals surface area contributed by atoms with E-state index in [1.807, 2.05) is 17.0 Å². The molecule has 4 bridgehead atoms. The van der Waals surface area contributed by atoms with E-state index in [9.17, 15) is 5.11 Å². The number of hydrogen-bond acceptors (Lipinski definition) is 1. The maximum Gasteiger partial charge on any atom is 0.116 e. The Labute approximate surface area is 131 Å². The van der Waals surface area contributed by atoms with Gasteiger partial charge in [0.25, 0.3) is 0 Å². The highest BCUT2D eigenvalue weighted by Gasteiger charge is 2.51. The molecule has 3 nitrogen and oxygen atoms in total. The van der Waals surface area contributed by atoms with Gasteiger partial charge in [0.15, 0.2) is 0 Å². The summed E-state index contributed by atoms with van der Waals surface area (Å²) in [5.41, 5.74) is 4.21. The van der Waals surface area contributed by atoms with Crippen molar-refractivity contribution in [3.05, 3.63) is 29.5 Å². The van der Waals surface area contributed by atoms with Crippen LogP contribution in [0.2, 0.25) is 0 Å². The SMILES string of the molecule is CC[C@H]1C[C@@H]2C[C@H]3c4[nH]c5ccc(O)cc5c4CC[NH+](C2)[C@@H]13. The van der Waals surface area contributed by atoms with E-state index in [0.717, 1.165) is 24.3 Å². The number of fused-ring (bicyclic) bond motifs is 4. The van der Waals surface area contributed by atoms with E-state index >= 15 is 0 Å². The van der Waals surface area contributed by atoms with Crippen LogP contribution in [0.5, 0.6) is 5.75 Å². The van der Waals surface area contributed by atoms with Gasteiger partial charge in [-0.05, 0) is 43.0 Å². The van der Waals surface area contributed by atoms with Crippen molar-refractivity contribution >= 4 is 10.9 Å². The maximum absolute atomic E-state index is 9.87.